The van der Waals surface area contributed by atoms with E-state index in [0.717, 1.165) is 48.7 Å². The third-order valence-electron chi connectivity index (χ3n) is 7.10. The van der Waals surface area contributed by atoms with Crippen LogP contribution in [-0.4, -0.2) is 32.6 Å². The van der Waals surface area contributed by atoms with E-state index in [1.807, 2.05) is 47.0 Å². The van der Waals surface area contributed by atoms with Crippen molar-refractivity contribution in [3.63, 3.8) is 0 Å². The summed E-state index contributed by atoms with van der Waals surface area (Å²) in [4.78, 5) is 30.2. The van der Waals surface area contributed by atoms with E-state index in [0.29, 0.717) is 12.2 Å². The van der Waals surface area contributed by atoms with Gasteiger partial charge in [-0.15, -0.1) is 0 Å². The summed E-state index contributed by atoms with van der Waals surface area (Å²) in [5.74, 6) is -0.281. The SMILES string of the molecule is O=C(O)c1ccc(-c2nc3ccccc3n2C(CCc2ccccc2)C(=O)NC2CCCCC2)cc1. The Hall–Kier alpha value is -3.93. The average molecular weight is 482 g/mol. The first-order chi connectivity index (χ1) is 17.6. The molecule has 0 spiro atoms. The molecule has 1 amide bonds. The highest BCUT2D eigenvalue weighted by Crippen LogP contribution is 2.31. The van der Waals surface area contributed by atoms with Crippen molar-refractivity contribution in [2.24, 2.45) is 0 Å². The Bertz CT molecular complexity index is 1340. The molecule has 6 heteroatoms. The maximum absolute atomic E-state index is 13.9. The normalized spacial score (nSPS) is 15.0. The molecule has 1 unspecified atom stereocenters. The zero-order valence-electron chi connectivity index (χ0n) is 20.3. The lowest BCUT2D eigenvalue weighted by Crippen LogP contribution is -2.41. The Morgan fingerprint density at radius 2 is 1.61 bits per heavy atom. The molecule has 4 aromatic rings. The van der Waals surface area contributed by atoms with Crippen molar-refractivity contribution >= 4 is 22.9 Å². The number of carboxylic acids is 1. The summed E-state index contributed by atoms with van der Waals surface area (Å²) in [5, 5.41) is 12.7. The summed E-state index contributed by atoms with van der Waals surface area (Å²) in [6, 6.07) is 24.6. The Balaban J connectivity index is 1.56. The van der Waals surface area contributed by atoms with E-state index >= 15 is 0 Å². The van der Waals surface area contributed by atoms with E-state index in [-0.39, 0.29) is 17.5 Å². The van der Waals surface area contributed by atoms with Crippen molar-refractivity contribution in [3.05, 3.63) is 90.0 Å². The first-order valence-electron chi connectivity index (χ1n) is 12.7. The minimum atomic E-state index is -0.970. The Morgan fingerprint density at radius 3 is 2.33 bits per heavy atom. The molecule has 5 rings (SSSR count). The van der Waals surface area contributed by atoms with Gasteiger partial charge in [-0.05, 0) is 55.5 Å². The molecule has 1 aliphatic rings. The van der Waals surface area contributed by atoms with Gasteiger partial charge in [-0.25, -0.2) is 9.78 Å². The van der Waals surface area contributed by atoms with Crippen LogP contribution in [0.5, 0.6) is 0 Å². The predicted octanol–water partition coefficient (Wildman–Crippen LogP) is 6.02. The molecule has 1 atom stereocenters. The minimum Gasteiger partial charge on any atom is -0.478 e. The van der Waals surface area contributed by atoms with Crippen LogP contribution in [0.1, 0.15) is 60.5 Å². The molecule has 0 radical (unpaired) electrons. The number of fused-ring (bicyclic) bond motifs is 1. The molecule has 0 bridgehead atoms. The fraction of sp³-hybridized carbons (Fsp3) is 0.300. The van der Waals surface area contributed by atoms with Crippen molar-refractivity contribution in [2.45, 2.75) is 57.0 Å². The number of nitrogens with zero attached hydrogens (tertiary/aromatic N) is 2. The number of benzene rings is 3. The number of amides is 1. The highest BCUT2D eigenvalue weighted by atomic mass is 16.4. The number of imidazole rings is 1. The van der Waals surface area contributed by atoms with E-state index in [1.54, 1.807) is 24.3 Å². The lowest BCUT2D eigenvalue weighted by molar-refractivity contribution is -0.125. The second-order valence-corrected chi connectivity index (χ2v) is 9.56. The van der Waals surface area contributed by atoms with Crippen LogP contribution in [-0.2, 0) is 11.2 Å². The van der Waals surface area contributed by atoms with E-state index in [2.05, 4.69) is 17.4 Å². The van der Waals surface area contributed by atoms with Crippen molar-refractivity contribution < 1.29 is 14.7 Å². The summed E-state index contributed by atoms with van der Waals surface area (Å²) < 4.78 is 2.05. The number of carbonyl (C=O) groups is 2. The van der Waals surface area contributed by atoms with Gasteiger partial charge < -0.3 is 15.0 Å². The molecular weight excluding hydrogens is 450 g/mol. The van der Waals surface area contributed by atoms with Crippen LogP contribution >= 0.6 is 0 Å². The van der Waals surface area contributed by atoms with Gasteiger partial charge in [-0.2, -0.15) is 0 Å². The van der Waals surface area contributed by atoms with Crippen LogP contribution in [0.15, 0.2) is 78.9 Å². The van der Waals surface area contributed by atoms with Gasteiger partial charge in [-0.3, -0.25) is 4.79 Å². The molecule has 0 saturated heterocycles. The maximum Gasteiger partial charge on any atom is 0.335 e. The first-order valence-corrected chi connectivity index (χ1v) is 12.7. The van der Waals surface area contributed by atoms with E-state index in [9.17, 15) is 14.7 Å². The smallest absolute Gasteiger partial charge is 0.335 e. The van der Waals surface area contributed by atoms with Gasteiger partial charge in [0.1, 0.15) is 11.9 Å². The van der Waals surface area contributed by atoms with Crippen LogP contribution in [0.3, 0.4) is 0 Å². The second-order valence-electron chi connectivity index (χ2n) is 9.56. The first kappa shape index (κ1) is 23.8. The third kappa shape index (κ3) is 5.18. The number of aromatic carboxylic acids is 1. The summed E-state index contributed by atoms with van der Waals surface area (Å²) in [7, 11) is 0. The number of hydrogen-bond donors (Lipinski definition) is 2. The molecule has 36 heavy (non-hydrogen) atoms. The highest BCUT2D eigenvalue weighted by Gasteiger charge is 2.28. The quantitative estimate of drug-likeness (QED) is 0.322. The van der Waals surface area contributed by atoms with Crippen molar-refractivity contribution in [3.8, 4) is 11.4 Å². The van der Waals surface area contributed by atoms with E-state index in [1.165, 1.54) is 12.0 Å². The van der Waals surface area contributed by atoms with Gasteiger partial charge in [0.2, 0.25) is 5.91 Å². The average Bonchev–Trinajstić information content (AvgIpc) is 3.29. The van der Waals surface area contributed by atoms with Gasteiger partial charge in [-0.1, -0.05) is 73.9 Å². The molecule has 0 aliphatic heterocycles. The van der Waals surface area contributed by atoms with Gasteiger partial charge >= 0.3 is 5.97 Å². The summed E-state index contributed by atoms with van der Waals surface area (Å²) in [5.41, 5.74) is 3.89. The molecule has 2 N–H and O–H groups in total. The molecular formula is C30H31N3O3. The molecule has 1 fully saturated rings. The van der Waals surface area contributed by atoms with Gasteiger partial charge in [0.25, 0.3) is 0 Å². The molecule has 3 aromatic carbocycles. The number of aryl methyl sites for hydroxylation is 1. The van der Waals surface area contributed by atoms with Crippen molar-refractivity contribution in [1.29, 1.82) is 0 Å². The topological polar surface area (TPSA) is 84.2 Å². The van der Waals surface area contributed by atoms with Crippen LogP contribution in [0, 0.1) is 0 Å². The molecule has 1 aliphatic carbocycles. The number of aromatic nitrogens is 2. The number of para-hydroxylation sites is 2. The third-order valence-corrected chi connectivity index (χ3v) is 7.10. The Morgan fingerprint density at radius 1 is 0.917 bits per heavy atom. The highest BCUT2D eigenvalue weighted by molar-refractivity contribution is 5.89. The summed E-state index contributed by atoms with van der Waals surface area (Å²) >= 11 is 0. The minimum absolute atomic E-state index is 0.0180. The lowest BCUT2D eigenvalue weighted by Gasteiger charge is -2.27. The summed E-state index contributed by atoms with van der Waals surface area (Å²) in [6.45, 7) is 0. The largest absolute Gasteiger partial charge is 0.478 e. The van der Waals surface area contributed by atoms with Crippen molar-refractivity contribution in [1.82, 2.24) is 14.9 Å². The molecule has 1 heterocycles. The van der Waals surface area contributed by atoms with Crippen LogP contribution in [0.4, 0.5) is 0 Å². The zero-order valence-corrected chi connectivity index (χ0v) is 20.3. The second kappa shape index (κ2) is 10.8. The monoisotopic (exact) mass is 481 g/mol. The lowest BCUT2D eigenvalue weighted by atomic mass is 9.95. The number of carbonyl (C=O) groups excluding carboxylic acids is 1. The van der Waals surface area contributed by atoms with Gasteiger partial charge in [0.05, 0.1) is 16.6 Å². The Labute approximate surface area is 211 Å². The van der Waals surface area contributed by atoms with Crippen LogP contribution < -0.4 is 5.32 Å². The van der Waals surface area contributed by atoms with Crippen LogP contribution in [0.2, 0.25) is 0 Å². The maximum atomic E-state index is 13.9. The standard InChI is InChI=1S/C30H31N3O3/c34-29(31-24-11-5-2-6-12-24)27(20-15-21-9-3-1-4-10-21)33-26-14-8-7-13-25(26)32-28(33)22-16-18-23(19-17-22)30(35)36/h1,3-4,7-10,13-14,16-19,24,27H,2,5-6,11-12,15,20H2,(H,31,34)(H,35,36). The number of nitrogens with one attached hydrogen (secondary N) is 1. The van der Waals surface area contributed by atoms with E-state index in [4.69, 9.17) is 4.98 Å². The summed E-state index contributed by atoms with van der Waals surface area (Å²) in [6.07, 6.45) is 6.95. The van der Waals surface area contributed by atoms with Gasteiger partial charge in [0, 0.05) is 11.6 Å². The van der Waals surface area contributed by atoms with E-state index < -0.39 is 12.0 Å². The van der Waals surface area contributed by atoms with Gasteiger partial charge in [0.15, 0.2) is 0 Å². The number of carboxylic acid groups (broad SMARTS) is 1. The molecule has 1 aromatic heterocycles. The molecule has 6 nitrogen and oxygen atoms in total. The van der Waals surface area contributed by atoms with Crippen LogP contribution in [0.25, 0.3) is 22.4 Å². The Kier molecular flexibility index (Phi) is 7.12. The predicted molar refractivity (Wildman–Crippen MR) is 141 cm³/mol. The molecule has 184 valence electrons. The van der Waals surface area contributed by atoms with Crippen molar-refractivity contribution in [2.75, 3.05) is 0 Å². The number of rotatable bonds is 8. The zero-order chi connectivity index (χ0) is 24.9. The molecule has 1 saturated carbocycles. The fourth-order valence-electron chi connectivity index (χ4n) is 5.20. The number of hydrogen-bond acceptors (Lipinski definition) is 3. The fourth-order valence-corrected chi connectivity index (χ4v) is 5.20.